The number of hydrogen-bond acceptors (Lipinski definition) is 3. The van der Waals surface area contributed by atoms with Crippen LogP contribution in [0.2, 0.25) is 5.02 Å². The maximum absolute atomic E-state index is 12.3. The highest BCUT2D eigenvalue weighted by Crippen LogP contribution is 2.30. The van der Waals surface area contributed by atoms with E-state index in [4.69, 9.17) is 29.6 Å². The first kappa shape index (κ1) is 15.7. The summed E-state index contributed by atoms with van der Waals surface area (Å²) in [5.74, 6) is 0.427. The molecule has 1 aliphatic carbocycles. The van der Waals surface area contributed by atoms with Crippen molar-refractivity contribution in [1.29, 1.82) is 0 Å². The molecule has 0 heterocycles. The van der Waals surface area contributed by atoms with E-state index in [1.807, 2.05) is 6.92 Å². The van der Waals surface area contributed by atoms with Crippen molar-refractivity contribution >= 4 is 38.8 Å². The standard InChI is InChI=1S/C13H17ClN2O2S2/c1-8(9-3-2-4-9)16-20(17,18)10-5-6-11(13(15)19)12(14)7-10/h5-9,16H,2-4H2,1H3,(H2,15,19). The molecule has 0 amide bonds. The van der Waals surface area contributed by atoms with Crippen molar-refractivity contribution in [2.45, 2.75) is 37.1 Å². The second kappa shape index (κ2) is 5.97. The first-order valence-corrected chi connectivity index (χ1v) is 8.70. The Bertz CT molecular complexity index is 627. The number of rotatable bonds is 5. The Morgan fingerprint density at radius 2 is 2.15 bits per heavy atom. The van der Waals surface area contributed by atoms with Crippen LogP contribution >= 0.6 is 23.8 Å². The van der Waals surface area contributed by atoms with E-state index in [1.54, 1.807) is 0 Å². The molecule has 0 bridgehead atoms. The number of benzene rings is 1. The third-order valence-electron chi connectivity index (χ3n) is 3.71. The molecule has 1 unspecified atom stereocenters. The molecule has 1 saturated carbocycles. The van der Waals surface area contributed by atoms with Gasteiger partial charge in [-0.25, -0.2) is 13.1 Å². The average Bonchev–Trinajstić information content (AvgIpc) is 2.24. The normalized spacial score (nSPS) is 17.5. The van der Waals surface area contributed by atoms with Crippen molar-refractivity contribution in [3.05, 3.63) is 28.8 Å². The number of nitrogens with two attached hydrogens (primary N) is 1. The average molecular weight is 333 g/mol. The van der Waals surface area contributed by atoms with Crippen LogP contribution in [0.1, 0.15) is 31.7 Å². The van der Waals surface area contributed by atoms with Crippen LogP contribution in [-0.2, 0) is 10.0 Å². The van der Waals surface area contributed by atoms with Gasteiger partial charge in [0, 0.05) is 11.6 Å². The zero-order valence-corrected chi connectivity index (χ0v) is 13.5. The Labute approximate surface area is 129 Å². The van der Waals surface area contributed by atoms with Crippen molar-refractivity contribution in [1.82, 2.24) is 4.72 Å². The highest BCUT2D eigenvalue weighted by atomic mass is 35.5. The van der Waals surface area contributed by atoms with E-state index in [-0.39, 0.29) is 20.9 Å². The molecule has 0 aliphatic heterocycles. The Morgan fingerprint density at radius 3 is 2.60 bits per heavy atom. The fourth-order valence-corrected chi connectivity index (χ4v) is 4.13. The number of hydrogen-bond donors (Lipinski definition) is 2. The van der Waals surface area contributed by atoms with Crippen LogP contribution in [0.3, 0.4) is 0 Å². The van der Waals surface area contributed by atoms with Crippen molar-refractivity contribution in [3.63, 3.8) is 0 Å². The summed E-state index contributed by atoms with van der Waals surface area (Å²) < 4.78 is 27.3. The molecule has 110 valence electrons. The Hall–Kier alpha value is -0.690. The summed E-state index contributed by atoms with van der Waals surface area (Å²) in [5, 5.41) is 0.247. The Morgan fingerprint density at radius 1 is 1.50 bits per heavy atom. The molecule has 0 radical (unpaired) electrons. The smallest absolute Gasteiger partial charge is 0.240 e. The summed E-state index contributed by atoms with van der Waals surface area (Å²) in [6.07, 6.45) is 3.32. The molecule has 1 aromatic rings. The molecule has 0 saturated heterocycles. The van der Waals surface area contributed by atoms with Crippen LogP contribution in [0.4, 0.5) is 0 Å². The lowest BCUT2D eigenvalue weighted by Gasteiger charge is -2.31. The lowest BCUT2D eigenvalue weighted by molar-refractivity contribution is 0.260. The van der Waals surface area contributed by atoms with Crippen LogP contribution in [0.25, 0.3) is 0 Å². The highest BCUT2D eigenvalue weighted by molar-refractivity contribution is 7.89. The summed E-state index contributed by atoms with van der Waals surface area (Å²) in [4.78, 5) is 0.281. The highest BCUT2D eigenvalue weighted by Gasteiger charge is 2.28. The molecule has 1 atom stereocenters. The van der Waals surface area contributed by atoms with E-state index in [1.165, 1.54) is 24.6 Å². The minimum absolute atomic E-state index is 0.0669. The molecule has 0 spiro atoms. The van der Waals surface area contributed by atoms with Crippen LogP contribution in [0, 0.1) is 5.92 Å². The largest absolute Gasteiger partial charge is 0.389 e. The minimum Gasteiger partial charge on any atom is -0.389 e. The van der Waals surface area contributed by atoms with Crippen molar-refractivity contribution in [2.75, 3.05) is 0 Å². The molecule has 1 aliphatic rings. The third-order valence-corrected chi connectivity index (χ3v) is 5.80. The van der Waals surface area contributed by atoms with Crippen molar-refractivity contribution in [3.8, 4) is 0 Å². The fourth-order valence-electron chi connectivity index (χ4n) is 2.21. The van der Waals surface area contributed by atoms with Gasteiger partial charge >= 0.3 is 0 Å². The third kappa shape index (κ3) is 3.31. The monoisotopic (exact) mass is 332 g/mol. The van der Waals surface area contributed by atoms with Gasteiger partial charge in [-0.1, -0.05) is 30.2 Å². The second-order valence-electron chi connectivity index (χ2n) is 5.11. The van der Waals surface area contributed by atoms with Gasteiger partial charge in [0.05, 0.1) is 9.92 Å². The fraction of sp³-hybridized carbons (Fsp3) is 0.462. The Balaban J connectivity index is 2.20. The van der Waals surface area contributed by atoms with Crippen molar-refractivity contribution < 1.29 is 8.42 Å². The number of halogens is 1. The molecule has 1 fully saturated rings. The zero-order chi connectivity index (χ0) is 14.9. The zero-order valence-electron chi connectivity index (χ0n) is 11.1. The first-order chi connectivity index (χ1) is 9.31. The molecule has 20 heavy (non-hydrogen) atoms. The van der Waals surface area contributed by atoms with Crippen LogP contribution < -0.4 is 10.5 Å². The predicted molar refractivity (Wildman–Crippen MR) is 84.5 cm³/mol. The van der Waals surface area contributed by atoms with Gasteiger partial charge in [0.25, 0.3) is 0 Å². The summed E-state index contributed by atoms with van der Waals surface area (Å²) >= 11 is 10.9. The minimum atomic E-state index is -3.56. The molecule has 1 aromatic carbocycles. The van der Waals surface area contributed by atoms with Crippen molar-refractivity contribution in [2.24, 2.45) is 11.7 Å². The quantitative estimate of drug-likeness (QED) is 0.812. The van der Waals surface area contributed by atoms with Gasteiger partial charge in [-0.3, -0.25) is 0 Å². The van der Waals surface area contributed by atoms with Crippen LogP contribution in [0.15, 0.2) is 23.1 Å². The molecular formula is C13H17ClN2O2S2. The predicted octanol–water partition coefficient (Wildman–Crippen LogP) is 2.44. The van der Waals surface area contributed by atoms with E-state index in [9.17, 15) is 8.42 Å². The molecule has 0 aromatic heterocycles. The lowest BCUT2D eigenvalue weighted by atomic mass is 9.81. The lowest BCUT2D eigenvalue weighted by Crippen LogP contribution is -2.40. The van der Waals surface area contributed by atoms with Gasteiger partial charge in [-0.05, 0) is 43.9 Å². The summed E-state index contributed by atoms with van der Waals surface area (Å²) in [6, 6.07) is 4.32. The van der Waals surface area contributed by atoms with Gasteiger partial charge in [0.2, 0.25) is 10.0 Å². The van der Waals surface area contributed by atoms with E-state index < -0.39 is 10.0 Å². The van der Waals surface area contributed by atoms with E-state index in [0.717, 1.165) is 12.8 Å². The number of nitrogens with one attached hydrogen (secondary N) is 1. The second-order valence-corrected chi connectivity index (χ2v) is 7.67. The van der Waals surface area contributed by atoms with Crippen LogP contribution in [0.5, 0.6) is 0 Å². The number of sulfonamides is 1. The maximum atomic E-state index is 12.3. The van der Waals surface area contributed by atoms with E-state index in [2.05, 4.69) is 4.72 Å². The molecule has 4 nitrogen and oxygen atoms in total. The van der Waals surface area contributed by atoms with E-state index in [0.29, 0.717) is 11.5 Å². The van der Waals surface area contributed by atoms with Gasteiger partial charge in [0.1, 0.15) is 4.99 Å². The molecule has 3 N–H and O–H groups in total. The summed E-state index contributed by atoms with van der Waals surface area (Å²) in [7, 11) is -3.56. The topological polar surface area (TPSA) is 72.2 Å². The molecular weight excluding hydrogens is 316 g/mol. The SMILES string of the molecule is CC(NS(=O)(=O)c1ccc(C(N)=S)c(Cl)c1)C1CCC1. The maximum Gasteiger partial charge on any atom is 0.240 e. The number of thiocarbonyl (C=S) groups is 1. The van der Waals surface area contributed by atoms with Gasteiger partial charge in [0.15, 0.2) is 0 Å². The first-order valence-electron chi connectivity index (χ1n) is 6.43. The van der Waals surface area contributed by atoms with Gasteiger partial charge in [-0.2, -0.15) is 0 Å². The molecule has 7 heteroatoms. The van der Waals surface area contributed by atoms with Gasteiger partial charge < -0.3 is 5.73 Å². The Kier molecular flexibility index (Phi) is 4.69. The summed E-state index contributed by atoms with van der Waals surface area (Å²) in [5.41, 5.74) is 5.98. The summed E-state index contributed by atoms with van der Waals surface area (Å²) in [6.45, 7) is 1.90. The van der Waals surface area contributed by atoms with Gasteiger partial charge in [-0.15, -0.1) is 0 Å². The van der Waals surface area contributed by atoms with Crippen LogP contribution in [-0.4, -0.2) is 19.4 Å². The molecule has 2 rings (SSSR count). The van der Waals surface area contributed by atoms with E-state index >= 15 is 0 Å².